The zero-order chi connectivity index (χ0) is 15.4. The van der Waals surface area contributed by atoms with Crippen LogP contribution in [0.15, 0.2) is 54.7 Å². The van der Waals surface area contributed by atoms with Crippen LogP contribution in [0, 0.1) is 5.82 Å². The SMILES string of the molecule is O=C(NCc1ccccc1F)Oc1ccc2cccnc2n1. The normalized spacial score (nSPS) is 10.4. The Labute approximate surface area is 125 Å². The topological polar surface area (TPSA) is 64.1 Å². The van der Waals surface area contributed by atoms with Crippen LogP contribution in [0.25, 0.3) is 11.0 Å². The van der Waals surface area contributed by atoms with Gasteiger partial charge >= 0.3 is 6.09 Å². The van der Waals surface area contributed by atoms with Crippen LogP contribution in [0.5, 0.6) is 5.88 Å². The molecule has 5 nitrogen and oxygen atoms in total. The van der Waals surface area contributed by atoms with Crippen molar-refractivity contribution in [1.29, 1.82) is 0 Å². The van der Waals surface area contributed by atoms with Crippen molar-refractivity contribution in [2.75, 3.05) is 0 Å². The summed E-state index contributed by atoms with van der Waals surface area (Å²) in [5.41, 5.74) is 0.870. The number of hydrogen-bond donors (Lipinski definition) is 1. The lowest BCUT2D eigenvalue weighted by atomic mass is 10.2. The van der Waals surface area contributed by atoms with Crippen molar-refractivity contribution < 1.29 is 13.9 Å². The van der Waals surface area contributed by atoms with E-state index in [-0.39, 0.29) is 18.2 Å². The average molecular weight is 297 g/mol. The first-order valence-electron chi connectivity index (χ1n) is 6.63. The number of nitrogens with zero attached hydrogens (tertiary/aromatic N) is 2. The van der Waals surface area contributed by atoms with Crippen LogP contribution in [0.2, 0.25) is 0 Å². The molecule has 0 radical (unpaired) electrons. The second-order valence-electron chi connectivity index (χ2n) is 4.53. The van der Waals surface area contributed by atoms with E-state index in [0.29, 0.717) is 11.2 Å². The highest BCUT2D eigenvalue weighted by molar-refractivity contribution is 5.76. The standard InChI is InChI=1S/C16H12FN3O2/c17-13-6-2-1-4-12(13)10-19-16(21)22-14-8-7-11-5-3-9-18-15(11)20-14/h1-9H,10H2,(H,19,21). The summed E-state index contributed by atoms with van der Waals surface area (Å²) in [6, 6.07) is 13.2. The van der Waals surface area contributed by atoms with Gasteiger partial charge in [0.05, 0.1) is 0 Å². The van der Waals surface area contributed by atoms with Gasteiger partial charge in [-0.15, -0.1) is 0 Å². The van der Waals surface area contributed by atoms with Crippen LogP contribution in [0.3, 0.4) is 0 Å². The maximum absolute atomic E-state index is 13.4. The molecule has 0 atom stereocenters. The third kappa shape index (κ3) is 3.17. The first-order chi connectivity index (χ1) is 10.7. The van der Waals surface area contributed by atoms with E-state index in [4.69, 9.17) is 4.74 Å². The van der Waals surface area contributed by atoms with Crippen molar-refractivity contribution >= 4 is 17.1 Å². The third-order valence-corrected chi connectivity index (χ3v) is 3.02. The lowest BCUT2D eigenvalue weighted by Crippen LogP contribution is -2.27. The van der Waals surface area contributed by atoms with Crippen LogP contribution in [-0.2, 0) is 6.54 Å². The summed E-state index contributed by atoms with van der Waals surface area (Å²) < 4.78 is 18.5. The van der Waals surface area contributed by atoms with E-state index in [0.717, 1.165) is 5.39 Å². The highest BCUT2D eigenvalue weighted by Crippen LogP contribution is 2.14. The number of fused-ring (bicyclic) bond motifs is 1. The molecule has 2 heterocycles. The smallest absolute Gasteiger partial charge is 0.391 e. The quantitative estimate of drug-likeness (QED) is 0.807. The third-order valence-electron chi connectivity index (χ3n) is 3.02. The zero-order valence-electron chi connectivity index (χ0n) is 11.5. The molecule has 2 aromatic heterocycles. The Morgan fingerprint density at radius 2 is 2.00 bits per heavy atom. The molecule has 3 rings (SSSR count). The van der Waals surface area contributed by atoms with E-state index < -0.39 is 6.09 Å². The highest BCUT2D eigenvalue weighted by atomic mass is 19.1. The van der Waals surface area contributed by atoms with Gasteiger partial charge in [0.2, 0.25) is 5.88 Å². The second-order valence-corrected chi connectivity index (χ2v) is 4.53. The maximum Gasteiger partial charge on any atom is 0.414 e. The Hall–Kier alpha value is -3.02. The molecule has 0 saturated carbocycles. The fraction of sp³-hybridized carbons (Fsp3) is 0.0625. The second kappa shape index (κ2) is 6.17. The number of amides is 1. The summed E-state index contributed by atoms with van der Waals surface area (Å²) in [6.45, 7) is 0.0390. The van der Waals surface area contributed by atoms with Crippen molar-refractivity contribution in [2.24, 2.45) is 0 Å². The van der Waals surface area contributed by atoms with E-state index in [2.05, 4.69) is 15.3 Å². The minimum Gasteiger partial charge on any atom is -0.391 e. The van der Waals surface area contributed by atoms with Gasteiger partial charge < -0.3 is 10.1 Å². The lowest BCUT2D eigenvalue weighted by molar-refractivity contribution is 0.198. The van der Waals surface area contributed by atoms with Gasteiger partial charge in [0.25, 0.3) is 0 Å². The first kappa shape index (κ1) is 13.9. The number of carbonyl (C=O) groups excluding carboxylic acids is 1. The number of halogens is 1. The van der Waals surface area contributed by atoms with Crippen LogP contribution in [0.4, 0.5) is 9.18 Å². The van der Waals surface area contributed by atoms with Gasteiger partial charge in [0.1, 0.15) is 5.82 Å². The molecule has 0 aliphatic heterocycles. The molecule has 0 aliphatic carbocycles. The van der Waals surface area contributed by atoms with Gasteiger partial charge in [-0.3, -0.25) is 0 Å². The number of ether oxygens (including phenoxy) is 1. The Balaban J connectivity index is 1.64. The molecule has 0 unspecified atom stereocenters. The summed E-state index contributed by atoms with van der Waals surface area (Å²) in [5.74, 6) is -0.243. The summed E-state index contributed by atoms with van der Waals surface area (Å²) in [5, 5.41) is 3.32. The van der Waals surface area contributed by atoms with Crippen molar-refractivity contribution in [3.63, 3.8) is 0 Å². The first-order valence-corrected chi connectivity index (χ1v) is 6.63. The summed E-state index contributed by atoms with van der Waals surface area (Å²) >= 11 is 0. The van der Waals surface area contributed by atoms with E-state index in [1.54, 1.807) is 42.6 Å². The molecule has 110 valence electrons. The molecule has 1 N–H and O–H groups in total. The minimum absolute atomic E-state index is 0.0390. The van der Waals surface area contributed by atoms with E-state index in [1.807, 2.05) is 6.07 Å². The largest absolute Gasteiger partial charge is 0.414 e. The lowest BCUT2D eigenvalue weighted by Gasteiger charge is -2.07. The van der Waals surface area contributed by atoms with Crippen LogP contribution in [0.1, 0.15) is 5.56 Å². The number of pyridine rings is 2. The van der Waals surface area contributed by atoms with Crippen molar-refractivity contribution in [1.82, 2.24) is 15.3 Å². The number of carbonyl (C=O) groups is 1. The molecule has 0 spiro atoms. The number of aromatic nitrogens is 2. The maximum atomic E-state index is 13.4. The summed E-state index contributed by atoms with van der Waals surface area (Å²) in [7, 11) is 0. The molecule has 6 heteroatoms. The monoisotopic (exact) mass is 297 g/mol. The Morgan fingerprint density at radius 3 is 2.86 bits per heavy atom. The van der Waals surface area contributed by atoms with Crippen molar-refractivity contribution in [3.8, 4) is 5.88 Å². The van der Waals surface area contributed by atoms with Gasteiger partial charge in [0.15, 0.2) is 5.65 Å². The van der Waals surface area contributed by atoms with Gasteiger partial charge in [-0.2, -0.15) is 4.98 Å². The molecular weight excluding hydrogens is 285 g/mol. The molecule has 0 fully saturated rings. The molecule has 3 aromatic rings. The summed E-state index contributed by atoms with van der Waals surface area (Å²) in [6.07, 6.45) is 0.906. The number of rotatable bonds is 3. The predicted molar refractivity (Wildman–Crippen MR) is 78.8 cm³/mol. The number of hydrogen-bond acceptors (Lipinski definition) is 4. The summed E-state index contributed by atoms with van der Waals surface area (Å²) in [4.78, 5) is 19.9. The van der Waals surface area contributed by atoms with Gasteiger partial charge in [-0.25, -0.2) is 14.2 Å². The molecule has 1 aromatic carbocycles. The molecule has 22 heavy (non-hydrogen) atoms. The van der Waals surface area contributed by atoms with Crippen molar-refractivity contribution in [3.05, 3.63) is 66.1 Å². The van der Waals surface area contributed by atoms with Gasteiger partial charge in [-0.05, 0) is 24.3 Å². The van der Waals surface area contributed by atoms with Crippen molar-refractivity contribution in [2.45, 2.75) is 6.54 Å². The zero-order valence-corrected chi connectivity index (χ0v) is 11.5. The molecule has 1 amide bonds. The molecule has 0 bridgehead atoms. The number of benzene rings is 1. The Bertz CT molecular complexity index is 823. The van der Waals surface area contributed by atoms with Crippen LogP contribution >= 0.6 is 0 Å². The fourth-order valence-corrected chi connectivity index (χ4v) is 1.93. The number of nitrogens with one attached hydrogen (secondary N) is 1. The Morgan fingerprint density at radius 1 is 1.14 bits per heavy atom. The van der Waals surface area contributed by atoms with Gasteiger partial charge in [-0.1, -0.05) is 18.2 Å². The van der Waals surface area contributed by atoms with E-state index >= 15 is 0 Å². The highest BCUT2D eigenvalue weighted by Gasteiger charge is 2.08. The fourth-order valence-electron chi connectivity index (χ4n) is 1.93. The van der Waals surface area contributed by atoms with E-state index in [9.17, 15) is 9.18 Å². The average Bonchev–Trinajstić information content (AvgIpc) is 2.54. The minimum atomic E-state index is -0.703. The predicted octanol–water partition coefficient (Wildman–Crippen LogP) is 3.06. The molecule has 0 aliphatic rings. The van der Waals surface area contributed by atoms with E-state index in [1.165, 1.54) is 6.07 Å². The Kier molecular flexibility index (Phi) is 3.91. The molecule has 0 saturated heterocycles. The van der Waals surface area contributed by atoms with Gasteiger partial charge in [0, 0.05) is 29.8 Å². The molecular formula is C16H12FN3O2. The van der Waals surface area contributed by atoms with Crippen LogP contribution < -0.4 is 10.1 Å². The van der Waals surface area contributed by atoms with Crippen LogP contribution in [-0.4, -0.2) is 16.1 Å².